The molecule has 1 aromatic rings. The van der Waals surface area contributed by atoms with Crippen molar-refractivity contribution in [2.24, 2.45) is 11.7 Å². The molecule has 3 nitrogen and oxygen atoms in total. The summed E-state index contributed by atoms with van der Waals surface area (Å²) in [6.07, 6.45) is 2.66. The molecule has 1 unspecified atom stereocenters. The van der Waals surface area contributed by atoms with Crippen LogP contribution in [0.1, 0.15) is 31.9 Å². The van der Waals surface area contributed by atoms with Crippen LogP contribution in [0, 0.1) is 5.92 Å². The Morgan fingerprint density at radius 1 is 1.50 bits per heavy atom. The number of methoxy groups -OCH3 is 1. The molecular formula is C11H18N2O. The number of rotatable bonds is 4. The molecule has 1 aromatic heterocycles. The number of nitrogens with two attached hydrogens (primary N) is 1. The standard InChI is InChI=1S/C11H18N2O/c1-8(2)7-10(12)9-5-4-6-13-11(9)14-3/h4-6,8,10H,7,12H2,1-3H3. The third-order valence-electron chi connectivity index (χ3n) is 2.12. The SMILES string of the molecule is COc1ncccc1C(N)CC(C)C. The molecule has 1 atom stereocenters. The molecule has 0 aliphatic carbocycles. The minimum atomic E-state index is 0.0126. The van der Waals surface area contributed by atoms with Crippen molar-refractivity contribution in [3.8, 4) is 5.88 Å². The molecule has 78 valence electrons. The van der Waals surface area contributed by atoms with Gasteiger partial charge in [-0.1, -0.05) is 19.9 Å². The van der Waals surface area contributed by atoms with Gasteiger partial charge in [0.2, 0.25) is 5.88 Å². The zero-order valence-corrected chi connectivity index (χ0v) is 9.03. The Hall–Kier alpha value is -1.09. The topological polar surface area (TPSA) is 48.1 Å². The zero-order chi connectivity index (χ0) is 10.6. The molecular weight excluding hydrogens is 176 g/mol. The summed E-state index contributed by atoms with van der Waals surface area (Å²) in [5.74, 6) is 1.22. The van der Waals surface area contributed by atoms with Gasteiger partial charge in [0.15, 0.2) is 0 Å². The Morgan fingerprint density at radius 2 is 2.21 bits per heavy atom. The second kappa shape index (κ2) is 4.96. The van der Waals surface area contributed by atoms with Crippen molar-refractivity contribution in [1.82, 2.24) is 4.98 Å². The first-order valence-corrected chi connectivity index (χ1v) is 4.89. The third kappa shape index (κ3) is 2.70. The fourth-order valence-electron chi connectivity index (χ4n) is 1.49. The number of pyridine rings is 1. The van der Waals surface area contributed by atoms with Gasteiger partial charge in [-0.3, -0.25) is 0 Å². The fourth-order valence-corrected chi connectivity index (χ4v) is 1.49. The van der Waals surface area contributed by atoms with Gasteiger partial charge in [-0.25, -0.2) is 4.98 Å². The van der Waals surface area contributed by atoms with Crippen molar-refractivity contribution in [3.63, 3.8) is 0 Å². The van der Waals surface area contributed by atoms with Crippen molar-refractivity contribution < 1.29 is 4.74 Å². The van der Waals surface area contributed by atoms with Gasteiger partial charge in [-0.2, -0.15) is 0 Å². The van der Waals surface area contributed by atoms with Crippen LogP contribution in [0.15, 0.2) is 18.3 Å². The van der Waals surface area contributed by atoms with Crippen molar-refractivity contribution in [2.75, 3.05) is 7.11 Å². The van der Waals surface area contributed by atoms with E-state index in [1.165, 1.54) is 0 Å². The Labute approximate surface area is 85.3 Å². The van der Waals surface area contributed by atoms with Crippen molar-refractivity contribution in [2.45, 2.75) is 26.3 Å². The average Bonchev–Trinajstić information content (AvgIpc) is 2.16. The Balaban J connectivity index is 2.82. The third-order valence-corrected chi connectivity index (χ3v) is 2.12. The van der Waals surface area contributed by atoms with Crippen molar-refractivity contribution in [3.05, 3.63) is 23.9 Å². The average molecular weight is 194 g/mol. The van der Waals surface area contributed by atoms with Gasteiger partial charge < -0.3 is 10.5 Å². The van der Waals surface area contributed by atoms with Crippen LogP contribution in [0.5, 0.6) is 5.88 Å². The predicted molar refractivity (Wildman–Crippen MR) is 57.2 cm³/mol. The molecule has 0 radical (unpaired) electrons. The van der Waals surface area contributed by atoms with Gasteiger partial charge in [0.05, 0.1) is 7.11 Å². The molecule has 0 aliphatic rings. The van der Waals surface area contributed by atoms with Crippen LogP contribution in [0.4, 0.5) is 0 Å². The first-order valence-electron chi connectivity index (χ1n) is 4.89. The normalized spacial score (nSPS) is 12.9. The highest BCUT2D eigenvalue weighted by atomic mass is 16.5. The molecule has 1 heterocycles. The van der Waals surface area contributed by atoms with Gasteiger partial charge in [-0.15, -0.1) is 0 Å². The summed E-state index contributed by atoms with van der Waals surface area (Å²) in [5, 5.41) is 0. The first kappa shape index (κ1) is 11.0. The molecule has 0 amide bonds. The van der Waals surface area contributed by atoms with Gasteiger partial charge in [0, 0.05) is 17.8 Å². The molecule has 0 saturated carbocycles. The predicted octanol–water partition coefficient (Wildman–Crippen LogP) is 2.14. The van der Waals surface area contributed by atoms with Crippen LogP contribution in [0.3, 0.4) is 0 Å². The summed E-state index contributed by atoms with van der Waals surface area (Å²) >= 11 is 0. The van der Waals surface area contributed by atoms with Crippen LogP contribution >= 0.6 is 0 Å². The molecule has 0 saturated heterocycles. The van der Waals surface area contributed by atoms with Gasteiger partial charge in [0.25, 0.3) is 0 Å². The maximum absolute atomic E-state index is 6.05. The monoisotopic (exact) mass is 194 g/mol. The molecule has 1 rings (SSSR count). The maximum atomic E-state index is 6.05. The van der Waals surface area contributed by atoms with E-state index in [-0.39, 0.29) is 6.04 Å². The van der Waals surface area contributed by atoms with Crippen LogP contribution in [-0.2, 0) is 0 Å². The number of hydrogen-bond acceptors (Lipinski definition) is 3. The summed E-state index contributed by atoms with van der Waals surface area (Å²) in [6, 6.07) is 3.87. The van der Waals surface area contributed by atoms with Gasteiger partial charge in [0.1, 0.15) is 0 Å². The summed E-state index contributed by atoms with van der Waals surface area (Å²) < 4.78 is 5.16. The largest absolute Gasteiger partial charge is 0.481 e. The van der Waals surface area contributed by atoms with E-state index in [1.54, 1.807) is 13.3 Å². The highest BCUT2D eigenvalue weighted by Gasteiger charge is 2.13. The van der Waals surface area contributed by atoms with Gasteiger partial charge in [-0.05, 0) is 18.4 Å². The van der Waals surface area contributed by atoms with E-state index >= 15 is 0 Å². The minimum Gasteiger partial charge on any atom is -0.481 e. The number of aromatic nitrogens is 1. The fraction of sp³-hybridized carbons (Fsp3) is 0.545. The Kier molecular flexibility index (Phi) is 3.89. The number of ether oxygens (including phenoxy) is 1. The molecule has 0 aromatic carbocycles. The number of hydrogen-bond donors (Lipinski definition) is 1. The van der Waals surface area contributed by atoms with E-state index in [4.69, 9.17) is 10.5 Å². The van der Waals surface area contributed by atoms with Gasteiger partial charge >= 0.3 is 0 Å². The van der Waals surface area contributed by atoms with Crippen molar-refractivity contribution in [1.29, 1.82) is 0 Å². The summed E-state index contributed by atoms with van der Waals surface area (Å²) in [4.78, 5) is 4.12. The van der Waals surface area contributed by atoms with Crippen LogP contribution in [-0.4, -0.2) is 12.1 Å². The smallest absolute Gasteiger partial charge is 0.217 e. The minimum absolute atomic E-state index is 0.0126. The quantitative estimate of drug-likeness (QED) is 0.798. The van der Waals surface area contributed by atoms with E-state index in [2.05, 4.69) is 18.8 Å². The second-order valence-corrected chi connectivity index (χ2v) is 3.84. The van der Waals surface area contributed by atoms with Crippen LogP contribution < -0.4 is 10.5 Å². The molecule has 0 fully saturated rings. The highest BCUT2D eigenvalue weighted by Crippen LogP contribution is 2.25. The van der Waals surface area contributed by atoms with E-state index in [1.807, 2.05) is 12.1 Å². The molecule has 2 N–H and O–H groups in total. The number of nitrogens with zero attached hydrogens (tertiary/aromatic N) is 1. The lowest BCUT2D eigenvalue weighted by atomic mass is 9.99. The van der Waals surface area contributed by atoms with Crippen molar-refractivity contribution >= 4 is 0 Å². The lowest BCUT2D eigenvalue weighted by Gasteiger charge is -2.16. The van der Waals surface area contributed by atoms with E-state index < -0.39 is 0 Å². The zero-order valence-electron chi connectivity index (χ0n) is 9.03. The Morgan fingerprint density at radius 3 is 2.79 bits per heavy atom. The lowest BCUT2D eigenvalue weighted by molar-refractivity contribution is 0.383. The van der Waals surface area contributed by atoms with E-state index in [9.17, 15) is 0 Å². The second-order valence-electron chi connectivity index (χ2n) is 3.84. The summed E-state index contributed by atoms with van der Waals surface area (Å²) in [5.41, 5.74) is 7.04. The first-order chi connectivity index (χ1) is 6.65. The summed E-state index contributed by atoms with van der Waals surface area (Å²) in [7, 11) is 1.62. The van der Waals surface area contributed by atoms with E-state index in [0.29, 0.717) is 11.8 Å². The highest BCUT2D eigenvalue weighted by molar-refractivity contribution is 5.28. The lowest BCUT2D eigenvalue weighted by Crippen LogP contribution is -2.14. The summed E-state index contributed by atoms with van der Waals surface area (Å²) in [6.45, 7) is 4.31. The molecule has 0 aliphatic heterocycles. The van der Waals surface area contributed by atoms with Crippen LogP contribution in [0.25, 0.3) is 0 Å². The molecule has 0 bridgehead atoms. The van der Waals surface area contributed by atoms with E-state index in [0.717, 1.165) is 12.0 Å². The molecule has 3 heteroatoms. The molecule has 14 heavy (non-hydrogen) atoms. The Bertz CT molecular complexity index is 286. The molecule has 0 spiro atoms. The maximum Gasteiger partial charge on any atom is 0.217 e. The van der Waals surface area contributed by atoms with Crippen LogP contribution in [0.2, 0.25) is 0 Å².